The third-order valence-corrected chi connectivity index (χ3v) is 7.92. The number of nitrogens with zero attached hydrogens (tertiary/aromatic N) is 1. The van der Waals surface area contributed by atoms with Gasteiger partial charge in [0.1, 0.15) is 12.4 Å². The van der Waals surface area contributed by atoms with Crippen molar-refractivity contribution in [1.29, 1.82) is 0 Å². The van der Waals surface area contributed by atoms with E-state index in [2.05, 4.69) is 92.3 Å². The number of fused-ring (bicyclic) bond motifs is 1. The van der Waals surface area contributed by atoms with Gasteiger partial charge in [0.25, 0.3) is 0 Å². The molecule has 226 valence electrons. The third kappa shape index (κ3) is 7.96. The number of carbonyl (C=O) groups is 1. The van der Waals surface area contributed by atoms with Crippen molar-refractivity contribution in [2.75, 3.05) is 7.11 Å². The summed E-state index contributed by atoms with van der Waals surface area (Å²) >= 11 is 3.61. The van der Waals surface area contributed by atoms with Crippen molar-refractivity contribution in [1.82, 2.24) is 5.43 Å². The van der Waals surface area contributed by atoms with Gasteiger partial charge in [-0.2, -0.15) is 5.10 Å². The second-order valence-electron chi connectivity index (χ2n) is 12.8. The molecule has 0 aliphatic carbocycles. The maximum Gasteiger partial charge on any atom is 0.240 e. The first-order valence-corrected chi connectivity index (χ1v) is 15.2. The van der Waals surface area contributed by atoms with Gasteiger partial charge in [0.2, 0.25) is 5.91 Å². The quantitative estimate of drug-likeness (QED) is 0.141. The Hall–Kier alpha value is -3.84. The monoisotopic (exact) mass is 644 g/mol. The van der Waals surface area contributed by atoms with Gasteiger partial charge >= 0.3 is 0 Å². The standard InChI is InChI=1S/C36H41BrN2O4/c1-35(2,3)28-17-23(18-29(33(28)41)36(4,5)6)15-16-32(40)39-38-21-24-19-30(37)34(31(20-24)42-7)43-22-26-13-10-12-25-11-8-9-14-27(25)26/h8-14,17-21,41H,15-16,22H2,1-7H3,(H,39,40)/b38-21-. The van der Waals surface area contributed by atoms with E-state index in [-0.39, 0.29) is 23.2 Å². The summed E-state index contributed by atoms with van der Waals surface area (Å²) in [6, 6.07) is 22.1. The van der Waals surface area contributed by atoms with Gasteiger partial charge in [-0.05, 0) is 83.9 Å². The van der Waals surface area contributed by atoms with Gasteiger partial charge < -0.3 is 14.6 Å². The summed E-state index contributed by atoms with van der Waals surface area (Å²) < 4.78 is 12.5. The molecule has 0 heterocycles. The Balaban J connectivity index is 1.41. The zero-order chi connectivity index (χ0) is 31.4. The fraction of sp³-hybridized carbons (Fsp3) is 0.333. The molecule has 4 aromatic carbocycles. The second-order valence-corrected chi connectivity index (χ2v) is 13.6. The second kappa shape index (κ2) is 13.2. The molecule has 0 aliphatic heterocycles. The van der Waals surface area contributed by atoms with Crippen LogP contribution >= 0.6 is 15.9 Å². The molecule has 4 aromatic rings. The molecule has 0 unspecified atom stereocenters. The predicted molar refractivity (Wildman–Crippen MR) is 179 cm³/mol. The number of amides is 1. The lowest BCUT2D eigenvalue weighted by atomic mass is 9.78. The van der Waals surface area contributed by atoms with Crippen LogP contribution in [0.25, 0.3) is 10.8 Å². The van der Waals surface area contributed by atoms with Gasteiger partial charge in [0.15, 0.2) is 11.5 Å². The summed E-state index contributed by atoms with van der Waals surface area (Å²) in [5, 5.41) is 17.4. The largest absolute Gasteiger partial charge is 0.507 e. The van der Waals surface area contributed by atoms with Crippen LogP contribution < -0.4 is 14.9 Å². The number of aromatic hydroxyl groups is 1. The number of rotatable bonds is 9. The van der Waals surface area contributed by atoms with E-state index in [1.165, 1.54) is 0 Å². The van der Waals surface area contributed by atoms with Crippen LogP contribution in [0.15, 0.2) is 76.3 Å². The van der Waals surface area contributed by atoms with Gasteiger partial charge in [-0.15, -0.1) is 0 Å². The van der Waals surface area contributed by atoms with Crippen LogP contribution in [0.1, 0.15) is 75.8 Å². The minimum absolute atomic E-state index is 0.194. The van der Waals surface area contributed by atoms with Crippen LogP contribution in [0.5, 0.6) is 17.2 Å². The molecule has 2 N–H and O–H groups in total. The molecular formula is C36H41BrN2O4. The number of benzene rings is 4. The molecule has 0 aromatic heterocycles. The third-order valence-electron chi connectivity index (χ3n) is 7.33. The molecular weight excluding hydrogens is 604 g/mol. The van der Waals surface area contributed by atoms with E-state index >= 15 is 0 Å². The van der Waals surface area contributed by atoms with Crippen LogP contribution in [-0.2, 0) is 28.7 Å². The Morgan fingerprint density at radius 1 is 0.953 bits per heavy atom. The van der Waals surface area contributed by atoms with E-state index in [0.717, 1.165) is 43.1 Å². The summed E-state index contributed by atoms with van der Waals surface area (Å²) in [5.74, 6) is 1.29. The average molecular weight is 646 g/mol. The van der Waals surface area contributed by atoms with E-state index in [9.17, 15) is 9.90 Å². The van der Waals surface area contributed by atoms with E-state index in [1.807, 2.05) is 42.5 Å². The molecule has 0 spiro atoms. The number of aryl methyl sites for hydroxylation is 1. The lowest BCUT2D eigenvalue weighted by molar-refractivity contribution is -0.121. The molecule has 0 aliphatic rings. The summed E-state index contributed by atoms with van der Waals surface area (Å²) in [7, 11) is 1.59. The molecule has 0 radical (unpaired) electrons. The number of ether oxygens (including phenoxy) is 2. The fourth-order valence-electron chi connectivity index (χ4n) is 5.00. The molecule has 0 fully saturated rings. The van der Waals surface area contributed by atoms with Gasteiger partial charge in [-0.25, -0.2) is 5.43 Å². The van der Waals surface area contributed by atoms with E-state index in [4.69, 9.17) is 9.47 Å². The number of hydrazone groups is 1. The Labute approximate surface area is 263 Å². The Bertz CT molecular complexity index is 1610. The number of hydrogen-bond acceptors (Lipinski definition) is 5. The zero-order valence-electron chi connectivity index (χ0n) is 26.0. The van der Waals surface area contributed by atoms with Crippen LogP contribution in [0.3, 0.4) is 0 Å². The predicted octanol–water partition coefficient (Wildman–Crippen LogP) is 8.57. The highest BCUT2D eigenvalue weighted by Gasteiger charge is 2.26. The number of phenolic OH excluding ortho intramolecular Hbond substituents is 1. The average Bonchev–Trinajstić information content (AvgIpc) is 2.94. The number of phenols is 1. The maximum absolute atomic E-state index is 12.7. The van der Waals surface area contributed by atoms with E-state index < -0.39 is 0 Å². The van der Waals surface area contributed by atoms with Gasteiger partial charge in [0.05, 0.1) is 17.8 Å². The number of carbonyl (C=O) groups excluding carboxylic acids is 1. The van der Waals surface area contributed by atoms with Crippen LogP contribution in [0, 0.1) is 0 Å². The Morgan fingerprint density at radius 3 is 2.26 bits per heavy atom. The normalized spacial score (nSPS) is 12.1. The summed E-state index contributed by atoms with van der Waals surface area (Å²) in [4.78, 5) is 12.7. The molecule has 1 amide bonds. The minimum atomic E-state index is -0.224. The maximum atomic E-state index is 12.7. The lowest BCUT2D eigenvalue weighted by Gasteiger charge is -2.28. The highest BCUT2D eigenvalue weighted by Crippen LogP contribution is 2.40. The molecule has 4 rings (SSSR count). The van der Waals surface area contributed by atoms with Crippen molar-refractivity contribution in [2.24, 2.45) is 5.10 Å². The first-order chi connectivity index (χ1) is 20.3. The summed E-state index contributed by atoms with van der Waals surface area (Å²) in [5.41, 5.74) is 6.79. The molecule has 43 heavy (non-hydrogen) atoms. The zero-order valence-corrected chi connectivity index (χ0v) is 27.6. The van der Waals surface area contributed by atoms with E-state index in [1.54, 1.807) is 13.3 Å². The molecule has 0 saturated carbocycles. The first-order valence-electron chi connectivity index (χ1n) is 14.4. The summed E-state index contributed by atoms with van der Waals surface area (Å²) in [6.45, 7) is 12.9. The van der Waals surface area contributed by atoms with Crippen molar-refractivity contribution in [2.45, 2.75) is 71.8 Å². The van der Waals surface area contributed by atoms with Crippen molar-refractivity contribution >= 4 is 38.8 Å². The number of methoxy groups -OCH3 is 1. The van der Waals surface area contributed by atoms with Gasteiger partial charge in [-0.1, -0.05) is 96.1 Å². The van der Waals surface area contributed by atoms with Gasteiger partial charge in [-0.3, -0.25) is 4.79 Å². The smallest absolute Gasteiger partial charge is 0.240 e. The number of nitrogens with one attached hydrogen (secondary N) is 1. The SMILES string of the molecule is COc1cc(/C=N\NC(=O)CCc2cc(C(C)(C)C)c(O)c(C(C)(C)C)c2)cc(Br)c1OCc1cccc2ccccc12. The lowest BCUT2D eigenvalue weighted by Crippen LogP contribution is -2.20. The molecule has 0 saturated heterocycles. The number of halogens is 1. The van der Waals surface area contributed by atoms with Crippen molar-refractivity contribution < 1.29 is 19.4 Å². The Morgan fingerprint density at radius 2 is 1.60 bits per heavy atom. The van der Waals surface area contributed by atoms with Crippen LogP contribution in [-0.4, -0.2) is 24.3 Å². The Kier molecular flexibility index (Phi) is 9.86. The number of hydrogen-bond donors (Lipinski definition) is 2. The fourth-order valence-corrected chi connectivity index (χ4v) is 5.57. The van der Waals surface area contributed by atoms with Crippen molar-refractivity contribution in [3.8, 4) is 17.2 Å². The molecule has 0 atom stereocenters. The van der Waals surface area contributed by atoms with Crippen LogP contribution in [0.2, 0.25) is 0 Å². The first kappa shape index (κ1) is 32.1. The minimum Gasteiger partial charge on any atom is -0.507 e. The van der Waals surface area contributed by atoms with E-state index in [0.29, 0.717) is 30.3 Å². The van der Waals surface area contributed by atoms with Crippen molar-refractivity contribution in [3.05, 3.63) is 99.0 Å². The van der Waals surface area contributed by atoms with Gasteiger partial charge in [0, 0.05) is 6.42 Å². The molecule has 6 nitrogen and oxygen atoms in total. The van der Waals surface area contributed by atoms with Crippen LogP contribution in [0.4, 0.5) is 0 Å². The van der Waals surface area contributed by atoms with Crippen molar-refractivity contribution in [3.63, 3.8) is 0 Å². The highest BCUT2D eigenvalue weighted by molar-refractivity contribution is 9.10. The molecule has 0 bridgehead atoms. The summed E-state index contributed by atoms with van der Waals surface area (Å²) in [6.07, 6.45) is 2.38. The topological polar surface area (TPSA) is 80.2 Å². The highest BCUT2D eigenvalue weighted by atomic mass is 79.9. The molecule has 7 heteroatoms.